The first kappa shape index (κ1) is 26.5. The molecule has 3 heterocycles. The second-order valence-electron chi connectivity index (χ2n) is 9.49. The minimum absolute atomic E-state index is 0.0883. The molecule has 1 saturated heterocycles. The van der Waals surface area contributed by atoms with E-state index in [-0.39, 0.29) is 19.4 Å². The van der Waals surface area contributed by atoms with Crippen molar-refractivity contribution in [1.29, 1.82) is 5.41 Å². The number of H-pyrrole nitrogens is 1. The molecular weight excluding hydrogens is 520 g/mol. The molecule has 0 radical (unpaired) electrons. The lowest BCUT2D eigenvalue weighted by Gasteiger charge is -2.41. The van der Waals surface area contributed by atoms with E-state index >= 15 is 0 Å². The quantitative estimate of drug-likeness (QED) is 0.165. The summed E-state index contributed by atoms with van der Waals surface area (Å²) in [7, 11) is 1.18. The van der Waals surface area contributed by atoms with Gasteiger partial charge < -0.3 is 19.4 Å². The molecule has 0 saturated carbocycles. The third-order valence-electron chi connectivity index (χ3n) is 7.22. The van der Waals surface area contributed by atoms with Crippen molar-refractivity contribution in [3.8, 4) is 0 Å². The Morgan fingerprint density at radius 3 is 2.49 bits per heavy atom. The van der Waals surface area contributed by atoms with E-state index in [0.29, 0.717) is 17.7 Å². The minimum atomic E-state index is -4.56. The molecule has 2 aliphatic rings. The van der Waals surface area contributed by atoms with Crippen molar-refractivity contribution >= 4 is 28.8 Å². The van der Waals surface area contributed by atoms with Gasteiger partial charge in [-0.05, 0) is 42.2 Å². The van der Waals surface area contributed by atoms with E-state index in [9.17, 15) is 27.2 Å². The smallest absolute Gasteiger partial charge is 0.416 e. The van der Waals surface area contributed by atoms with Gasteiger partial charge in [-0.15, -0.1) is 0 Å². The normalized spacial score (nSPS) is 21.1. The summed E-state index contributed by atoms with van der Waals surface area (Å²) in [5, 5.41) is 8.88. The van der Waals surface area contributed by atoms with Crippen LogP contribution in [0.15, 0.2) is 48.5 Å². The number of fused-ring (bicyclic) bond motifs is 3. The molecule has 2 aliphatic heterocycles. The number of likely N-dealkylation sites (tertiary alicyclic amines) is 1. The monoisotopic (exact) mass is 546 g/mol. The molecule has 2 N–H and O–H groups in total. The molecule has 0 aliphatic carbocycles. The maximum atomic E-state index is 14.1. The summed E-state index contributed by atoms with van der Waals surface area (Å²) >= 11 is 0. The van der Waals surface area contributed by atoms with Crippen LogP contribution in [0.2, 0.25) is 0 Å². The van der Waals surface area contributed by atoms with Gasteiger partial charge in [-0.2, -0.15) is 13.2 Å². The van der Waals surface area contributed by atoms with Gasteiger partial charge in [0.05, 0.1) is 18.7 Å². The maximum absolute atomic E-state index is 14.1. The summed E-state index contributed by atoms with van der Waals surface area (Å²) in [6, 6.07) is 9.08. The van der Waals surface area contributed by atoms with Gasteiger partial charge in [0, 0.05) is 29.6 Å². The number of hydrogen-bond acceptors (Lipinski definition) is 5. The van der Waals surface area contributed by atoms with E-state index in [4.69, 9.17) is 14.9 Å². The molecule has 0 bridgehead atoms. The molecule has 3 atom stereocenters. The molecule has 39 heavy (non-hydrogen) atoms. The number of carbonyl (C=O) groups is 2. The Kier molecular flexibility index (Phi) is 6.96. The largest absolute Gasteiger partial charge is 0.467 e. The number of halogens is 4. The molecule has 0 unspecified atom stereocenters. The summed E-state index contributed by atoms with van der Waals surface area (Å²) in [6.45, 7) is -0.405. The second kappa shape index (κ2) is 10.2. The molecule has 206 valence electrons. The molecule has 0 spiro atoms. The SMILES string of the molecule is COC(=O)[C@H]1Cc2c([nH]c3ccccc23)[C@H](c2ccc(C(F)(F)F)cc2)N1C(=O)COC(=N)N1CCC[C@@H]1F. The molecule has 3 aromatic rings. The Labute approximate surface area is 221 Å². The Morgan fingerprint density at radius 2 is 1.85 bits per heavy atom. The molecule has 1 aromatic heterocycles. The van der Waals surface area contributed by atoms with Gasteiger partial charge in [-0.1, -0.05) is 30.3 Å². The van der Waals surface area contributed by atoms with Gasteiger partial charge in [0.25, 0.3) is 11.9 Å². The van der Waals surface area contributed by atoms with E-state index < -0.39 is 54.6 Å². The van der Waals surface area contributed by atoms with Crippen LogP contribution in [0.3, 0.4) is 0 Å². The number of carbonyl (C=O) groups excluding carboxylic acids is 2. The van der Waals surface area contributed by atoms with E-state index in [1.54, 1.807) is 0 Å². The van der Waals surface area contributed by atoms with Crippen LogP contribution in [0.1, 0.15) is 41.3 Å². The number of benzene rings is 2. The lowest BCUT2D eigenvalue weighted by atomic mass is 9.87. The van der Waals surface area contributed by atoms with Crippen molar-refractivity contribution in [3.63, 3.8) is 0 Å². The van der Waals surface area contributed by atoms with Gasteiger partial charge in [-0.25, -0.2) is 9.18 Å². The second-order valence-corrected chi connectivity index (χ2v) is 9.49. The maximum Gasteiger partial charge on any atom is 0.416 e. The number of alkyl halides is 4. The van der Waals surface area contributed by atoms with E-state index in [0.717, 1.165) is 33.5 Å². The van der Waals surface area contributed by atoms with E-state index in [1.165, 1.54) is 24.1 Å². The number of amidine groups is 1. The summed E-state index contributed by atoms with van der Waals surface area (Å²) in [5.41, 5.74) is 1.49. The highest BCUT2D eigenvalue weighted by atomic mass is 19.4. The number of aromatic nitrogens is 1. The fraction of sp³-hybridized carbons (Fsp3) is 0.370. The summed E-state index contributed by atoms with van der Waals surface area (Å²) in [4.78, 5) is 32.2. The Morgan fingerprint density at radius 1 is 1.13 bits per heavy atom. The average Bonchev–Trinajstić information content (AvgIpc) is 3.52. The number of rotatable bonds is 4. The van der Waals surface area contributed by atoms with Crippen molar-refractivity contribution in [1.82, 2.24) is 14.8 Å². The van der Waals surface area contributed by atoms with Gasteiger partial charge in [0.1, 0.15) is 6.04 Å². The van der Waals surface area contributed by atoms with Crippen molar-refractivity contribution in [2.24, 2.45) is 0 Å². The third kappa shape index (κ3) is 4.90. The van der Waals surface area contributed by atoms with Gasteiger partial charge in [-0.3, -0.25) is 15.1 Å². The standard InChI is InChI=1S/C27H26F4N4O4/c1-38-25(37)20-13-18-17-5-2-3-6-19(17)33-23(18)24(15-8-10-16(11-9-15)27(29,30)31)35(20)22(36)14-39-26(32)34-12-4-7-21(34)28/h2-3,5-6,8-11,20-21,24,32-33H,4,7,12-14H2,1H3/t20-,21-,24+/m1/s1. The van der Waals surface area contributed by atoms with Crippen LogP contribution < -0.4 is 0 Å². The van der Waals surface area contributed by atoms with Crippen molar-refractivity contribution in [3.05, 3.63) is 70.9 Å². The molecule has 1 fully saturated rings. The number of ether oxygens (including phenoxy) is 2. The molecule has 5 rings (SSSR count). The van der Waals surface area contributed by atoms with Gasteiger partial charge in [0.15, 0.2) is 12.9 Å². The van der Waals surface area contributed by atoms with Crippen LogP contribution in [0.4, 0.5) is 17.6 Å². The summed E-state index contributed by atoms with van der Waals surface area (Å²) in [6.07, 6.45) is -5.07. The molecule has 8 nitrogen and oxygen atoms in total. The van der Waals surface area contributed by atoms with E-state index in [2.05, 4.69) is 4.98 Å². The Hall–Kier alpha value is -4.09. The number of methoxy groups -OCH3 is 1. The van der Waals surface area contributed by atoms with Crippen molar-refractivity contribution < 1.29 is 36.6 Å². The lowest BCUT2D eigenvalue weighted by Crippen LogP contribution is -2.53. The van der Waals surface area contributed by atoms with Gasteiger partial charge >= 0.3 is 12.1 Å². The highest BCUT2D eigenvalue weighted by Gasteiger charge is 2.44. The number of aromatic amines is 1. The number of amides is 1. The van der Waals surface area contributed by atoms with Crippen molar-refractivity contribution in [2.45, 2.75) is 43.8 Å². The number of nitrogens with zero attached hydrogens (tertiary/aromatic N) is 2. The predicted molar refractivity (Wildman–Crippen MR) is 132 cm³/mol. The first-order chi connectivity index (χ1) is 18.6. The van der Waals surface area contributed by atoms with Gasteiger partial charge in [0.2, 0.25) is 0 Å². The van der Waals surface area contributed by atoms with Crippen LogP contribution in [0, 0.1) is 5.41 Å². The van der Waals surface area contributed by atoms with Crippen molar-refractivity contribution in [2.75, 3.05) is 20.3 Å². The first-order valence-electron chi connectivity index (χ1n) is 12.4. The van der Waals surface area contributed by atoms with Crippen LogP contribution in [-0.2, 0) is 31.7 Å². The predicted octanol–water partition coefficient (Wildman–Crippen LogP) is 4.55. The molecule has 2 aromatic carbocycles. The number of esters is 1. The number of para-hydroxylation sites is 1. The zero-order chi connectivity index (χ0) is 27.9. The zero-order valence-corrected chi connectivity index (χ0v) is 20.9. The summed E-state index contributed by atoms with van der Waals surface area (Å²) in [5.74, 6) is -1.42. The first-order valence-corrected chi connectivity index (χ1v) is 12.4. The van der Waals surface area contributed by atoms with Crippen LogP contribution in [0.25, 0.3) is 10.9 Å². The third-order valence-corrected chi connectivity index (χ3v) is 7.22. The highest BCUT2D eigenvalue weighted by Crippen LogP contribution is 2.42. The zero-order valence-electron chi connectivity index (χ0n) is 20.9. The molecule has 12 heteroatoms. The number of hydrogen-bond donors (Lipinski definition) is 2. The lowest BCUT2D eigenvalue weighted by molar-refractivity contribution is -0.156. The highest BCUT2D eigenvalue weighted by molar-refractivity contribution is 5.91. The number of nitrogens with one attached hydrogen (secondary N) is 2. The van der Waals surface area contributed by atoms with Crippen LogP contribution in [0.5, 0.6) is 0 Å². The minimum Gasteiger partial charge on any atom is -0.467 e. The molecular formula is C27H26F4N4O4. The topological polar surface area (TPSA) is 98.7 Å². The average molecular weight is 547 g/mol. The Balaban J connectivity index is 1.56. The fourth-order valence-electron chi connectivity index (χ4n) is 5.36. The Bertz CT molecular complexity index is 1410. The van der Waals surface area contributed by atoms with Crippen LogP contribution >= 0.6 is 0 Å². The molecule has 1 amide bonds. The fourth-order valence-corrected chi connectivity index (χ4v) is 5.36. The summed E-state index contributed by atoms with van der Waals surface area (Å²) < 4.78 is 64.3. The van der Waals surface area contributed by atoms with Crippen LogP contribution in [-0.4, -0.2) is 65.3 Å². The van der Waals surface area contributed by atoms with E-state index in [1.807, 2.05) is 24.3 Å².